The Bertz CT molecular complexity index is 521. The maximum atomic E-state index is 5.56. The van der Waals surface area contributed by atoms with Crippen molar-refractivity contribution in [3.8, 4) is 0 Å². The molecule has 0 unspecified atom stereocenters. The lowest BCUT2D eigenvalue weighted by Gasteiger charge is -1.96. The molecule has 1 heteroatoms. The summed E-state index contributed by atoms with van der Waals surface area (Å²) in [6.45, 7) is 0.595. The van der Waals surface area contributed by atoms with Crippen molar-refractivity contribution < 1.29 is 0 Å². The van der Waals surface area contributed by atoms with Crippen LogP contribution in [0.25, 0.3) is 12.2 Å². The van der Waals surface area contributed by atoms with E-state index < -0.39 is 0 Å². The van der Waals surface area contributed by atoms with E-state index in [4.69, 9.17) is 5.73 Å². The van der Waals surface area contributed by atoms with Gasteiger partial charge >= 0.3 is 0 Å². The van der Waals surface area contributed by atoms with Crippen LogP contribution in [0.15, 0.2) is 66.7 Å². The van der Waals surface area contributed by atoms with Gasteiger partial charge in [0.05, 0.1) is 0 Å². The minimum Gasteiger partial charge on any atom is -0.326 e. The van der Waals surface area contributed by atoms with E-state index in [2.05, 4.69) is 48.6 Å². The summed E-state index contributed by atoms with van der Waals surface area (Å²) in [4.78, 5) is 0. The largest absolute Gasteiger partial charge is 0.326 e. The molecule has 0 bridgehead atoms. The molecule has 0 amide bonds. The number of hydrogen-bond acceptors (Lipinski definition) is 1. The average Bonchev–Trinajstić information content (AvgIpc) is 2.45. The van der Waals surface area contributed by atoms with Crippen LogP contribution in [-0.2, 0) is 6.54 Å². The molecule has 2 N–H and O–H groups in total. The second-order valence-corrected chi connectivity index (χ2v) is 4.07. The molecule has 0 radical (unpaired) electrons. The Balaban J connectivity index is 1.96. The molecule has 0 aromatic heterocycles. The summed E-state index contributed by atoms with van der Waals surface area (Å²) in [5.41, 5.74) is 9.11. The van der Waals surface area contributed by atoms with Crippen LogP contribution < -0.4 is 5.73 Å². The molecule has 0 heterocycles. The normalized spacial score (nSPS) is 11.4. The smallest absolute Gasteiger partial charge is 0.0178 e. The summed E-state index contributed by atoms with van der Waals surface area (Å²) >= 11 is 0. The van der Waals surface area contributed by atoms with Crippen molar-refractivity contribution in [2.24, 2.45) is 5.73 Å². The van der Waals surface area contributed by atoms with Crippen molar-refractivity contribution in [1.82, 2.24) is 0 Å². The molecule has 90 valence electrons. The van der Waals surface area contributed by atoms with E-state index in [1.165, 1.54) is 11.1 Å². The van der Waals surface area contributed by atoms with Crippen molar-refractivity contribution >= 4 is 12.2 Å². The maximum Gasteiger partial charge on any atom is 0.0178 e. The third kappa shape index (κ3) is 3.72. The predicted molar refractivity (Wildman–Crippen MR) is 78.8 cm³/mol. The first-order valence-corrected chi connectivity index (χ1v) is 6.07. The molecule has 0 atom stereocenters. The quantitative estimate of drug-likeness (QED) is 0.800. The highest BCUT2D eigenvalue weighted by Crippen LogP contribution is 2.06. The number of hydrogen-bond donors (Lipinski definition) is 1. The molecule has 2 rings (SSSR count). The highest BCUT2D eigenvalue weighted by Gasteiger charge is 1.88. The van der Waals surface area contributed by atoms with Crippen molar-refractivity contribution in [2.75, 3.05) is 0 Å². The predicted octanol–water partition coefficient (Wildman–Crippen LogP) is 3.87. The summed E-state index contributed by atoms with van der Waals surface area (Å²) < 4.78 is 0. The van der Waals surface area contributed by atoms with Crippen molar-refractivity contribution in [3.05, 3.63) is 83.4 Å². The SMILES string of the molecule is NCc1ccc(C=CC=Cc2ccccc2)cc1. The Labute approximate surface area is 108 Å². The second-order valence-electron chi connectivity index (χ2n) is 4.07. The van der Waals surface area contributed by atoms with Gasteiger partial charge in [-0.3, -0.25) is 0 Å². The summed E-state index contributed by atoms with van der Waals surface area (Å²) in [7, 11) is 0. The zero-order chi connectivity index (χ0) is 12.6. The first-order chi connectivity index (χ1) is 8.88. The first-order valence-electron chi connectivity index (χ1n) is 6.07. The molecule has 2 aromatic rings. The van der Waals surface area contributed by atoms with E-state index >= 15 is 0 Å². The lowest BCUT2D eigenvalue weighted by atomic mass is 10.1. The fourth-order valence-corrected chi connectivity index (χ4v) is 1.66. The zero-order valence-electron chi connectivity index (χ0n) is 10.3. The van der Waals surface area contributed by atoms with Gasteiger partial charge in [0.1, 0.15) is 0 Å². The molecule has 0 aliphatic heterocycles. The molecule has 2 aromatic carbocycles. The highest BCUT2D eigenvalue weighted by molar-refractivity contribution is 5.57. The van der Waals surface area contributed by atoms with Gasteiger partial charge in [0.15, 0.2) is 0 Å². The molecule has 0 saturated carbocycles. The third-order valence-corrected chi connectivity index (χ3v) is 2.70. The fourth-order valence-electron chi connectivity index (χ4n) is 1.66. The van der Waals surface area contributed by atoms with E-state index in [1.54, 1.807) is 0 Å². The minimum atomic E-state index is 0.595. The maximum absolute atomic E-state index is 5.56. The molecule has 0 aliphatic carbocycles. The number of allylic oxidation sites excluding steroid dienone is 2. The summed E-state index contributed by atoms with van der Waals surface area (Å²) in [5.74, 6) is 0. The Morgan fingerprint density at radius 3 is 1.83 bits per heavy atom. The minimum absolute atomic E-state index is 0.595. The van der Waals surface area contributed by atoms with Crippen LogP contribution in [-0.4, -0.2) is 0 Å². The van der Waals surface area contributed by atoms with Crippen molar-refractivity contribution in [1.29, 1.82) is 0 Å². The average molecular weight is 235 g/mol. The van der Waals surface area contributed by atoms with E-state index in [0.717, 1.165) is 5.56 Å². The first kappa shape index (κ1) is 12.3. The van der Waals surface area contributed by atoms with Crippen LogP contribution >= 0.6 is 0 Å². The monoisotopic (exact) mass is 235 g/mol. The van der Waals surface area contributed by atoms with Crippen LogP contribution in [0.3, 0.4) is 0 Å². The van der Waals surface area contributed by atoms with Crippen LogP contribution in [0.4, 0.5) is 0 Å². The Morgan fingerprint density at radius 2 is 1.28 bits per heavy atom. The molecule has 0 spiro atoms. The van der Waals surface area contributed by atoms with Gasteiger partial charge in [-0.15, -0.1) is 0 Å². The lowest BCUT2D eigenvalue weighted by molar-refractivity contribution is 1.07. The number of rotatable bonds is 4. The van der Waals surface area contributed by atoms with Gasteiger partial charge in [0, 0.05) is 6.54 Å². The van der Waals surface area contributed by atoms with Crippen molar-refractivity contribution in [3.63, 3.8) is 0 Å². The van der Waals surface area contributed by atoms with Gasteiger partial charge in [0.2, 0.25) is 0 Å². The Kier molecular flexibility index (Phi) is 4.51. The van der Waals surface area contributed by atoms with E-state index in [-0.39, 0.29) is 0 Å². The van der Waals surface area contributed by atoms with Gasteiger partial charge in [-0.05, 0) is 16.7 Å². The Hall–Kier alpha value is -2.12. The number of nitrogens with two attached hydrogens (primary N) is 1. The van der Waals surface area contributed by atoms with Crippen molar-refractivity contribution in [2.45, 2.75) is 6.54 Å². The zero-order valence-corrected chi connectivity index (χ0v) is 10.3. The molecular weight excluding hydrogens is 218 g/mol. The lowest BCUT2D eigenvalue weighted by Crippen LogP contribution is -1.94. The van der Waals surface area contributed by atoms with E-state index in [9.17, 15) is 0 Å². The summed E-state index contributed by atoms with van der Waals surface area (Å²) in [6.07, 6.45) is 8.26. The highest BCUT2D eigenvalue weighted by atomic mass is 14.5. The van der Waals surface area contributed by atoms with Gasteiger partial charge in [-0.25, -0.2) is 0 Å². The second kappa shape index (κ2) is 6.58. The van der Waals surface area contributed by atoms with E-state index in [1.807, 2.05) is 30.4 Å². The third-order valence-electron chi connectivity index (χ3n) is 2.70. The van der Waals surface area contributed by atoms with Crippen LogP contribution in [0.2, 0.25) is 0 Å². The topological polar surface area (TPSA) is 26.0 Å². The summed E-state index contributed by atoms with van der Waals surface area (Å²) in [5, 5.41) is 0. The molecule has 0 saturated heterocycles. The summed E-state index contributed by atoms with van der Waals surface area (Å²) in [6, 6.07) is 18.5. The molecular formula is C17H17N. The van der Waals surface area contributed by atoms with Gasteiger partial charge < -0.3 is 5.73 Å². The van der Waals surface area contributed by atoms with Gasteiger partial charge in [0.25, 0.3) is 0 Å². The standard InChI is InChI=1S/C17H17N/c18-14-17-12-10-16(11-13-17)9-5-4-8-15-6-2-1-3-7-15/h1-13H,14,18H2. The molecule has 0 fully saturated rings. The van der Waals surface area contributed by atoms with Crippen LogP contribution in [0.1, 0.15) is 16.7 Å². The molecule has 1 nitrogen and oxygen atoms in total. The van der Waals surface area contributed by atoms with Crippen LogP contribution in [0, 0.1) is 0 Å². The Morgan fingerprint density at radius 1 is 0.722 bits per heavy atom. The molecule has 18 heavy (non-hydrogen) atoms. The van der Waals surface area contributed by atoms with Gasteiger partial charge in [-0.2, -0.15) is 0 Å². The van der Waals surface area contributed by atoms with Gasteiger partial charge in [-0.1, -0.05) is 78.9 Å². The number of benzene rings is 2. The van der Waals surface area contributed by atoms with Crippen LogP contribution in [0.5, 0.6) is 0 Å². The fraction of sp³-hybridized carbons (Fsp3) is 0.0588. The van der Waals surface area contributed by atoms with E-state index in [0.29, 0.717) is 6.54 Å². The molecule has 0 aliphatic rings.